The molecule has 0 bridgehead atoms. The van der Waals surface area contributed by atoms with E-state index in [2.05, 4.69) is 34.3 Å². The number of anilines is 1. The Bertz CT molecular complexity index is 637. The minimum atomic E-state index is -0.143. The summed E-state index contributed by atoms with van der Waals surface area (Å²) < 4.78 is 0. The first-order chi connectivity index (χ1) is 9.90. The molecule has 0 aliphatic rings. The molecule has 0 radical (unpaired) electrons. The van der Waals surface area contributed by atoms with Gasteiger partial charge in [0, 0.05) is 18.0 Å². The number of carbonyl (C=O) groups is 1. The summed E-state index contributed by atoms with van der Waals surface area (Å²) in [6.45, 7) is 4.97. The molecule has 1 unspecified atom stereocenters. The third-order valence-electron chi connectivity index (χ3n) is 3.31. The summed E-state index contributed by atoms with van der Waals surface area (Å²) in [6.07, 6.45) is 1.58. The largest absolute Gasteiger partial charge is 0.397 e. The predicted octanol–water partition coefficient (Wildman–Crippen LogP) is 1.59. The number of likely N-dealkylation sites (N-methyl/N-ethyl adjacent to an activating group) is 1. The lowest BCUT2D eigenvalue weighted by Gasteiger charge is -2.25. The van der Waals surface area contributed by atoms with Crippen LogP contribution >= 0.6 is 11.3 Å². The van der Waals surface area contributed by atoms with Crippen molar-refractivity contribution < 1.29 is 4.79 Å². The molecule has 7 heteroatoms. The van der Waals surface area contributed by atoms with Gasteiger partial charge in [0.25, 0.3) is 5.91 Å². The first-order valence-electron chi connectivity index (χ1n) is 6.85. The van der Waals surface area contributed by atoms with Crippen LogP contribution in [0.25, 0.3) is 10.2 Å². The molecule has 0 aromatic carbocycles. The highest BCUT2D eigenvalue weighted by atomic mass is 32.1. The summed E-state index contributed by atoms with van der Waals surface area (Å²) in [4.78, 5) is 15.7. The van der Waals surface area contributed by atoms with E-state index in [-0.39, 0.29) is 11.9 Å². The van der Waals surface area contributed by atoms with Crippen LogP contribution in [0.4, 0.5) is 5.69 Å². The third kappa shape index (κ3) is 3.48. The van der Waals surface area contributed by atoms with E-state index in [4.69, 9.17) is 5.73 Å². The van der Waals surface area contributed by atoms with Crippen molar-refractivity contribution >= 4 is 33.1 Å². The maximum Gasteiger partial charge on any atom is 0.263 e. The number of rotatable bonds is 5. The highest BCUT2D eigenvalue weighted by molar-refractivity contribution is 7.21. The van der Waals surface area contributed by atoms with Crippen molar-refractivity contribution in [2.45, 2.75) is 19.9 Å². The third-order valence-corrected chi connectivity index (χ3v) is 4.41. The van der Waals surface area contributed by atoms with Crippen LogP contribution in [0.3, 0.4) is 0 Å². The van der Waals surface area contributed by atoms with Crippen molar-refractivity contribution in [3.8, 4) is 0 Å². The van der Waals surface area contributed by atoms with Gasteiger partial charge in [0.15, 0.2) is 0 Å². The first-order valence-corrected chi connectivity index (χ1v) is 7.67. The summed E-state index contributed by atoms with van der Waals surface area (Å²) in [7, 11) is 3.98. The second kappa shape index (κ2) is 6.36. The molecule has 2 aromatic rings. The quantitative estimate of drug-likeness (QED) is 0.876. The van der Waals surface area contributed by atoms with Gasteiger partial charge in [-0.1, -0.05) is 13.8 Å². The Morgan fingerprint density at radius 1 is 1.48 bits per heavy atom. The molecule has 21 heavy (non-hydrogen) atoms. The maximum atomic E-state index is 12.5. The smallest absolute Gasteiger partial charge is 0.263 e. The zero-order valence-electron chi connectivity index (χ0n) is 12.8. The van der Waals surface area contributed by atoms with Gasteiger partial charge in [0.2, 0.25) is 0 Å². The van der Waals surface area contributed by atoms with E-state index in [9.17, 15) is 4.79 Å². The topological polar surface area (TPSA) is 84.1 Å². The van der Waals surface area contributed by atoms with E-state index in [1.165, 1.54) is 11.3 Å². The lowest BCUT2D eigenvalue weighted by Crippen LogP contribution is -2.44. The normalized spacial score (nSPS) is 13.0. The van der Waals surface area contributed by atoms with E-state index >= 15 is 0 Å². The van der Waals surface area contributed by atoms with Gasteiger partial charge >= 0.3 is 0 Å². The standard InChI is InChI=1S/C14H21N5OS/c1-8(2)10(7-19(3)4)17-13(20)12-11(15)9-5-6-16-18-14(9)21-12/h5-6,8,10H,7,15H2,1-4H3,(H,17,20). The van der Waals surface area contributed by atoms with Gasteiger partial charge in [-0.2, -0.15) is 5.10 Å². The van der Waals surface area contributed by atoms with Crippen molar-refractivity contribution in [1.82, 2.24) is 20.4 Å². The number of aromatic nitrogens is 2. The van der Waals surface area contributed by atoms with Crippen LogP contribution in [0.5, 0.6) is 0 Å². The fraction of sp³-hybridized carbons (Fsp3) is 0.500. The summed E-state index contributed by atoms with van der Waals surface area (Å²) in [5, 5.41) is 11.7. The SMILES string of the molecule is CC(C)C(CN(C)C)NC(=O)c1sc2nnccc2c1N. The average molecular weight is 307 g/mol. The Kier molecular flexibility index (Phi) is 4.74. The molecule has 2 aromatic heterocycles. The van der Waals surface area contributed by atoms with Gasteiger partial charge in [-0.05, 0) is 26.1 Å². The Labute approximate surface area is 128 Å². The van der Waals surface area contributed by atoms with E-state index in [0.29, 0.717) is 21.3 Å². The molecule has 0 aliphatic heterocycles. The molecule has 2 heterocycles. The minimum Gasteiger partial charge on any atom is -0.397 e. The number of thiophene rings is 1. The Balaban J connectivity index is 2.23. The number of nitrogens with zero attached hydrogens (tertiary/aromatic N) is 3. The molecule has 114 valence electrons. The molecular weight excluding hydrogens is 286 g/mol. The van der Waals surface area contributed by atoms with Gasteiger partial charge in [0.1, 0.15) is 9.71 Å². The Hall–Kier alpha value is -1.73. The zero-order valence-corrected chi connectivity index (χ0v) is 13.6. The van der Waals surface area contributed by atoms with E-state index in [1.54, 1.807) is 12.3 Å². The highest BCUT2D eigenvalue weighted by Gasteiger charge is 2.22. The number of nitrogens with one attached hydrogen (secondary N) is 1. The minimum absolute atomic E-state index is 0.0724. The fourth-order valence-corrected chi connectivity index (χ4v) is 3.03. The number of fused-ring (bicyclic) bond motifs is 1. The van der Waals surface area contributed by atoms with Crippen LogP contribution in [0.1, 0.15) is 23.5 Å². The molecule has 3 N–H and O–H groups in total. The molecule has 0 saturated carbocycles. The van der Waals surface area contributed by atoms with Crippen LogP contribution in [-0.4, -0.2) is 47.7 Å². The molecule has 2 rings (SSSR count). The van der Waals surface area contributed by atoms with Crippen LogP contribution in [0, 0.1) is 5.92 Å². The average Bonchev–Trinajstić information content (AvgIpc) is 2.75. The highest BCUT2D eigenvalue weighted by Crippen LogP contribution is 2.31. The Morgan fingerprint density at radius 3 is 2.76 bits per heavy atom. The van der Waals surface area contributed by atoms with Crippen molar-refractivity contribution in [2.75, 3.05) is 26.4 Å². The molecule has 0 saturated heterocycles. The molecule has 0 fully saturated rings. The Morgan fingerprint density at radius 2 is 2.19 bits per heavy atom. The maximum absolute atomic E-state index is 12.5. The lowest BCUT2D eigenvalue weighted by molar-refractivity contribution is 0.0921. The molecule has 0 spiro atoms. The summed E-state index contributed by atoms with van der Waals surface area (Å²) >= 11 is 1.28. The van der Waals surface area contributed by atoms with Crippen LogP contribution in [0.15, 0.2) is 12.3 Å². The van der Waals surface area contributed by atoms with Crippen LogP contribution in [-0.2, 0) is 0 Å². The number of nitrogens with two attached hydrogens (primary N) is 1. The molecule has 1 amide bonds. The van der Waals surface area contributed by atoms with Crippen molar-refractivity contribution in [3.05, 3.63) is 17.1 Å². The second-order valence-electron chi connectivity index (χ2n) is 5.68. The lowest BCUT2D eigenvalue weighted by atomic mass is 10.0. The van der Waals surface area contributed by atoms with E-state index in [1.807, 2.05) is 14.1 Å². The first kappa shape index (κ1) is 15.7. The molecule has 0 aliphatic carbocycles. The summed E-state index contributed by atoms with van der Waals surface area (Å²) in [6, 6.07) is 1.85. The zero-order chi connectivity index (χ0) is 15.6. The predicted molar refractivity (Wildman–Crippen MR) is 86.5 cm³/mol. The number of amides is 1. The summed E-state index contributed by atoms with van der Waals surface area (Å²) in [5.74, 6) is 0.197. The van der Waals surface area contributed by atoms with Gasteiger partial charge in [-0.15, -0.1) is 16.4 Å². The van der Waals surface area contributed by atoms with E-state index in [0.717, 1.165) is 11.9 Å². The van der Waals surface area contributed by atoms with Crippen LogP contribution < -0.4 is 11.1 Å². The van der Waals surface area contributed by atoms with Crippen LogP contribution in [0.2, 0.25) is 0 Å². The number of nitrogen functional groups attached to an aromatic ring is 1. The fourth-order valence-electron chi connectivity index (χ4n) is 2.09. The van der Waals surface area contributed by atoms with Crippen molar-refractivity contribution in [2.24, 2.45) is 5.92 Å². The van der Waals surface area contributed by atoms with Gasteiger partial charge < -0.3 is 16.0 Å². The van der Waals surface area contributed by atoms with Gasteiger partial charge in [-0.25, -0.2) is 0 Å². The number of hydrogen-bond donors (Lipinski definition) is 2. The number of carbonyl (C=O) groups excluding carboxylic acids is 1. The van der Waals surface area contributed by atoms with Gasteiger partial charge in [-0.3, -0.25) is 4.79 Å². The molecule has 6 nitrogen and oxygen atoms in total. The number of hydrogen-bond acceptors (Lipinski definition) is 6. The van der Waals surface area contributed by atoms with Gasteiger partial charge in [0.05, 0.1) is 11.9 Å². The van der Waals surface area contributed by atoms with E-state index < -0.39 is 0 Å². The second-order valence-corrected chi connectivity index (χ2v) is 6.68. The van der Waals surface area contributed by atoms with Crippen molar-refractivity contribution in [1.29, 1.82) is 0 Å². The molecule has 1 atom stereocenters. The molecular formula is C14H21N5OS. The summed E-state index contributed by atoms with van der Waals surface area (Å²) in [5.41, 5.74) is 6.55. The van der Waals surface area contributed by atoms with Crippen molar-refractivity contribution in [3.63, 3.8) is 0 Å². The monoisotopic (exact) mass is 307 g/mol.